The number of aryl methyl sites for hydroxylation is 1. The van der Waals surface area contributed by atoms with E-state index in [-0.39, 0.29) is 19.1 Å². The Morgan fingerprint density at radius 3 is 2.91 bits per heavy atom. The Balaban J connectivity index is 2.04. The van der Waals surface area contributed by atoms with E-state index >= 15 is 0 Å². The topological polar surface area (TPSA) is 76.4 Å². The molecule has 7 heteroatoms. The highest BCUT2D eigenvalue weighted by molar-refractivity contribution is 6.32. The fraction of sp³-hybridized carbons (Fsp3) is 0.333. The summed E-state index contributed by atoms with van der Waals surface area (Å²) in [6.45, 7) is 2.75. The Bertz CT molecular complexity index is 643. The number of aromatic nitrogens is 2. The van der Waals surface area contributed by atoms with Gasteiger partial charge in [-0.05, 0) is 19.1 Å². The van der Waals surface area contributed by atoms with Crippen molar-refractivity contribution in [2.45, 2.75) is 6.92 Å². The lowest BCUT2D eigenvalue weighted by atomic mass is 10.2. The number of carbonyl (C=O) groups is 1. The number of halogens is 1. The number of ether oxygens (including phenoxy) is 1. The standard InChI is InChI=1S/C15H18ClN3O3/c1-11-10-19(13-5-3-2-4-12(13)16)18-14(11)15(21)17-6-8-22-9-7-20/h2-5,10,20H,6-9H2,1H3,(H,17,21). The van der Waals surface area contributed by atoms with Gasteiger partial charge < -0.3 is 15.2 Å². The van der Waals surface area contributed by atoms with E-state index in [1.165, 1.54) is 0 Å². The molecule has 0 aliphatic rings. The second-order valence-electron chi connectivity index (χ2n) is 4.65. The van der Waals surface area contributed by atoms with Crippen molar-refractivity contribution >= 4 is 17.5 Å². The number of rotatable bonds is 7. The monoisotopic (exact) mass is 323 g/mol. The van der Waals surface area contributed by atoms with Gasteiger partial charge in [0.15, 0.2) is 5.69 Å². The number of nitrogens with one attached hydrogen (secondary N) is 1. The fourth-order valence-corrected chi connectivity index (χ4v) is 2.15. The molecule has 0 aliphatic heterocycles. The van der Waals surface area contributed by atoms with Crippen LogP contribution in [0.5, 0.6) is 0 Å². The van der Waals surface area contributed by atoms with Gasteiger partial charge >= 0.3 is 0 Å². The zero-order chi connectivity index (χ0) is 15.9. The van der Waals surface area contributed by atoms with E-state index in [2.05, 4.69) is 10.4 Å². The van der Waals surface area contributed by atoms with Gasteiger partial charge in [0.2, 0.25) is 0 Å². The second-order valence-corrected chi connectivity index (χ2v) is 5.06. The van der Waals surface area contributed by atoms with E-state index in [4.69, 9.17) is 21.4 Å². The molecule has 22 heavy (non-hydrogen) atoms. The third-order valence-corrected chi connectivity index (χ3v) is 3.30. The summed E-state index contributed by atoms with van der Waals surface area (Å²) in [6, 6.07) is 7.30. The molecule has 2 aromatic rings. The number of nitrogens with zero attached hydrogens (tertiary/aromatic N) is 2. The van der Waals surface area contributed by atoms with E-state index in [9.17, 15) is 4.79 Å². The number of benzene rings is 1. The van der Waals surface area contributed by atoms with Crippen LogP contribution in [0.4, 0.5) is 0 Å². The maximum atomic E-state index is 12.1. The second kappa shape index (κ2) is 7.93. The Hall–Kier alpha value is -1.89. The molecule has 0 aliphatic carbocycles. The molecule has 0 saturated heterocycles. The van der Waals surface area contributed by atoms with Crippen molar-refractivity contribution in [1.82, 2.24) is 15.1 Å². The fourth-order valence-electron chi connectivity index (χ4n) is 1.93. The first-order valence-electron chi connectivity index (χ1n) is 6.91. The average Bonchev–Trinajstić information content (AvgIpc) is 2.89. The van der Waals surface area contributed by atoms with Gasteiger partial charge in [-0.3, -0.25) is 4.79 Å². The van der Waals surface area contributed by atoms with Crippen LogP contribution in [0.2, 0.25) is 5.02 Å². The van der Waals surface area contributed by atoms with Gasteiger partial charge in [0, 0.05) is 18.3 Å². The first-order valence-corrected chi connectivity index (χ1v) is 7.29. The van der Waals surface area contributed by atoms with Gasteiger partial charge in [0.05, 0.1) is 30.5 Å². The lowest BCUT2D eigenvalue weighted by Gasteiger charge is -2.05. The van der Waals surface area contributed by atoms with Gasteiger partial charge in [-0.1, -0.05) is 23.7 Å². The summed E-state index contributed by atoms with van der Waals surface area (Å²) >= 11 is 6.13. The molecule has 2 rings (SSSR count). The first-order chi connectivity index (χ1) is 10.6. The van der Waals surface area contributed by atoms with Crippen LogP contribution in [0.1, 0.15) is 16.1 Å². The molecule has 118 valence electrons. The van der Waals surface area contributed by atoms with Crippen LogP contribution in [0.25, 0.3) is 5.69 Å². The summed E-state index contributed by atoms with van der Waals surface area (Å²) in [7, 11) is 0. The molecule has 0 fully saturated rings. The number of hydrogen-bond acceptors (Lipinski definition) is 4. The molecule has 1 amide bonds. The molecule has 1 aromatic carbocycles. The molecule has 0 unspecified atom stereocenters. The smallest absolute Gasteiger partial charge is 0.272 e. The van der Waals surface area contributed by atoms with Crippen LogP contribution in [0.3, 0.4) is 0 Å². The zero-order valence-electron chi connectivity index (χ0n) is 12.3. The third-order valence-electron chi connectivity index (χ3n) is 2.98. The number of aliphatic hydroxyl groups excluding tert-OH is 1. The summed E-state index contributed by atoms with van der Waals surface area (Å²) in [5.74, 6) is -0.268. The Kier molecular flexibility index (Phi) is 5.94. The summed E-state index contributed by atoms with van der Waals surface area (Å²) in [5, 5.41) is 16.2. The Morgan fingerprint density at radius 2 is 2.18 bits per heavy atom. The van der Waals surface area contributed by atoms with Gasteiger partial charge in [-0.25, -0.2) is 4.68 Å². The summed E-state index contributed by atoms with van der Waals surface area (Å²) in [4.78, 5) is 12.1. The maximum Gasteiger partial charge on any atom is 0.272 e. The highest BCUT2D eigenvalue weighted by Crippen LogP contribution is 2.20. The molecule has 0 bridgehead atoms. The molecule has 6 nitrogen and oxygen atoms in total. The van der Waals surface area contributed by atoms with Crippen LogP contribution in [-0.4, -0.2) is 47.2 Å². The maximum absolute atomic E-state index is 12.1. The molecule has 0 spiro atoms. The number of para-hydroxylation sites is 1. The van der Waals surface area contributed by atoms with Gasteiger partial charge in [0.1, 0.15) is 0 Å². The van der Waals surface area contributed by atoms with Crippen molar-refractivity contribution in [1.29, 1.82) is 0 Å². The molecular weight excluding hydrogens is 306 g/mol. The third kappa shape index (κ3) is 4.07. The van der Waals surface area contributed by atoms with Crippen molar-refractivity contribution in [2.75, 3.05) is 26.4 Å². The van der Waals surface area contributed by atoms with Crippen molar-refractivity contribution < 1.29 is 14.6 Å². The van der Waals surface area contributed by atoms with Crippen LogP contribution < -0.4 is 5.32 Å². The number of hydrogen-bond donors (Lipinski definition) is 2. The van der Waals surface area contributed by atoms with Crippen molar-refractivity contribution in [3.05, 3.63) is 46.7 Å². The Morgan fingerprint density at radius 1 is 1.41 bits per heavy atom. The van der Waals surface area contributed by atoms with Crippen LogP contribution >= 0.6 is 11.6 Å². The summed E-state index contributed by atoms with van der Waals surface area (Å²) in [6.07, 6.45) is 1.76. The van der Waals surface area contributed by atoms with E-state index in [0.717, 1.165) is 11.3 Å². The minimum Gasteiger partial charge on any atom is -0.394 e. The number of carbonyl (C=O) groups excluding carboxylic acids is 1. The van der Waals surface area contributed by atoms with Crippen LogP contribution in [0.15, 0.2) is 30.5 Å². The SMILES string of the molecule is Cc1cn(-c2ccccc2Cl)nc1C(=O)NCCOCCO. The molecular formula is C15H18ClN3O3. The van der Waals surface area contributed by atoms with Gasteiger partial charge in [-0.15, -0.1) is 0 Å². The highest BCUT2D eigenvalue weighted by atomic mass is 35.5. The molecule has 0 saturated carbocycles. The van der Waals surface area contributed by atoms with Gasteiger partial charge in [-0.2, -0.15) is 5.10 Å². The lowest BCUT2D eigenvalue weighted by Crippen LogP contribution is -2.28. The quantitative estimate of drug-likeness (QED) is 0.758. The van der Waals surface area contributed by atoms with Crippen LogP contribution in [0, 0.1) is 6.92 Å². The molecule has 2 N–H and O–H groups in total. The van der Waals surface area contributed by atoms with E-state index in [1.54, 1.807) is 16.9 Å². The lowest BCUT2D eigenvalue weighted by molar-refractivity contribution is 0.0834. The minimum atomic E-state index is -0.268. The van der Waals surface area contributed by atoms with Gasteiger partial charge in [0.25, 0.3) is 5.91 Å². The van der Waals surface area contributed by atoms with Crippen molar-refractivity contribution in [3.63, 3.8) is 0 Å². The number of amides is 1. The van der Waals surface area contributed by atoms with E-state index < -0.39 is 0 Å². The zero-order valence-corrected chi connectivity index (χ0v) is 13.0. The summed E-state index contributed by atoms with van der Waals surface area (Å²) < 4.78 is 6.67. The largest absolute Gasteiger partial charge is 0.394 e. The molecule has 0 atom stereocenters. The van der Waals surface area contributed by atoms with Crippen molar-refractivity contribution in [2.24, 2.45) is 0 Å². The normalized spacial score (nSPS) is 10.7. The summed E-state index contributed by atoms with van der Waals surface area (Å²) in [5.41, 5.74) is 1.83. The van der Waals surface area contributed by atoms with Crippen LogP contribution in [-0.2, 0) is 4.74 Å². The molecule has 0 radical (unpaired) electrons. The molecule has 1 aromatic heterocycles. The average molecular weight is 324 g/mol. The minimum absolute atomic E-state index is 0.0324. The van der Waals surface area contributed by atoms with E-state index in [1.807, 2.05) is 25.1 Å². The van der Waals surface area contributed by atoms with E-state index in [0.29, 0.717) is 23.9 Å². The first kappa shape index (κ1) is 16.5. The predicted molar refractivity (Wildman–Crippen MR) is 83.5 cm³/mol. The Labute approximate surface area is 133 Å². The van der Waals surface area contributed by atoms with Crippen molar-refractivity contribution in [3.8, 4) is 5.69 Å². The number of aliphatic hydroxyl groups is 1. The highest BCUT2D eigenvalue weighted by Gasteiger charge is 2.15. The predicted octanol–water partition coefficient (Wildman–Crippen LogP) is 1.57. The molecule has 1 heterocycles.